The molecule has 0 fully saturated rings. The Bertz CT molecular complexity index is 1060. The van der Waals surface area contributed by atoms with Crippen molar-refractivity contribution >= 4 is 11.8 Å². The van der Waals surface area contributed by atoms with Crippen LogP contribution < -0.4 is 9.47 Å². The van der Waals surface area contributed by atoms with Crippen LogP contribution >= 0.6 is 11.8 Å². The Morgan fingerprint density at radius 2 is 2.00 bits per heavy atom. The SMILES string of the molecule is C=CCn1c(SC(C)c2ccc(C#N)cc2)nnc1C1COc2ccccc2O1. The second kappa shape index (κ2) is 8.41. The molecule has 0 spiro atoms. The lowest BCUT2D eigenvalue weighted by Gasteiger charge is -2.26. The third-order valence-corrected chi connectivity index (χ3v) is 5.78. The van der Waals surface area contributed by atoms with Crippen molar-refractivity contribution in [1.82, 2.24) is 14.8 Å². The maximum atomic E-state index is 8.98. The van der Waals surface area contributed by atoms with E-state index in [1.54, 1.807) is 11.8 Å². The molecule has 2 atom stereocenters. The summed E-state index contributed by atoms with van der Waals surface area (Å²) < 4.78 is 14.0. The van der Waals surface area contributed by atoms with Crippen molar-refractivity contribution < 1.29 is 9.47 Å². The lowest BCUT2D eigenvalue weighted by atomic mass is 10.1. The predicted octanol–water partition coefficient (Wildman–Crippen LogP) is 4.70. The van der Waals surface area contributed by atoms with Crippen molar-refractivity contribution in [2.45, 2.75) is 30.0 Å². The van der Waals surface area contributed by atoms with Crippen molar-refractivity contribution in [3.8, 4) is 17.6 Å². The molecule has 0 aliphatic carbocycles. The van der Waals surface area contributed by atoms with E-state index in [9.17, 15) is 0 Å². The standard InChI is InChI=1S/C22H20N4O2S/c1-3-12-26-21(20-14-27-18-6-4-5-7-19(18)28-20)24-25-22(26)29-15(2)17-10-8-16(13-23)9-11-17/h3-11,15,20H,1,12,14H2,2H3. The Morgan fingerprint density at radius 1 is 1.24 bits per heavy atom. The van der Waals surface area contributed by atoms with Crippen molar-refractivity contribution in [2.75, 3.05) is 6.61 Å². The molecule has 4 rings (SSSR count). The number of hydrogen-bond acceptors (Lipinski definition) is 6. The Balaban J connectivity index is 1.56. The van der Waals surface area contributed by atoms with Gasteiger partial charge in [-0.2, -0.15) is 5.26 Å². The first-order valence-corrected chi connectivity index (χ1v) is 10.2. The second-order valence-corrected chi connectivity index (χ2v) is 7.91. The maximum Gasteiger partial charge on any atom is 0.192 e. The van der Waals surface area contributed by atoms with Gasteiger partial charge in [-0.1, -0.05) is 42.1 Å². The van der Waals surface area contributed by atoms with E-state index in [0.717, 1.165) is 16.5 Å². The van der Waals surface area contributed by atoms with Gasteiger partial charge in [0.25, 0.3) is 0 Å². The number of fused-ring (bicyclic) bond motifs is 1. The zero-order chi connectivity index (χ0) is 20.2. The van der Waals surface area contributed by atoms with Gasteiger partial charge in [0.05, 0.1) is 11.6 Å². The van der Waals surface area contributed by atoms with Gasteiger partial charge in [-0.05, 0) is 36.8 Å². The number of allylic oxidation sites excluding steroid dienone is 1. The number of nitriles is 1. The highest BCUT2D eigenvalue weighted by atomic mass is 32.2. The molecule has 2 heterocycles. The van der Waals surface area contributed by atoms with E-state index in [2.05, 4.69) is 29.8 Å². The van der Waals surface area contributed by atoms with E-state index in [1.165, 1.54) is 0 Å². The number of aromatic nitrogens is 3. The fourth-order valence-corrected chi connectivity index (χ4v) is 4.12. The van der Waals surface area contributed by atoms with Gasteiger partial charge in [0.15, 0.2) is 28.6 Å². The maximum absolute atomic E-state index is 8.98. The van der Waals surface area contributed by atoms with Crippen molar-refractivity contribution in [2.24, 2.45) is 0 Å². The summed E-state index contributed by atoms with van der Waals surface area (Å²) >= 11 is 1.61. The summed E-state index contributed by atoms with van der Waals surface area (Å²) in [6.07, 6.45) is 1.48. The molecule has 3 aromatic rings. The van der Waals surface area contributed by atoms with Gasteiger partial charge in [-0.15, -0.1) is 16.8 Å². The van der Waals surface area contributed by atoms with E-state index in [4.69, 9.17) is 14.7 Å². The number of nitrogens with zero attached hydrogens (tertiary/aromatic N) is 4. The quantitative estimate of drug-likeness (QED) is 0.438. The molecule has 0 bridgehead atoms. The first-order chi connectivity index (χ1) is 14.2. The zero-order valence-electron chi connectivity index (χ0n) is 16.0. The smallest absolute Gasteiger partial charge is 0.192 e. The summed E-state index contributed by atoms with van der Waals surface area (Å²) in [4.78, 5) is 0. The van der Waals surface area contributed by atoms with E-state index in [0.29, 0.717) is 30.3 Å². The van der Waals surface area contributed by atoms with Gasteiger partial charge >= 0.3 is 0 Å². The predicted molar refractivity (Wildman–Crippen MR) is 111 cm³/mol. The Kier molecular flexibility index (Phi) is 5.54. The third-order valence-electron chi connectivity index (χ3n) is 4.65. The number of thioether (sulfide) groups is 1. The molecule has 1 aliphatic rings. The molecule has 7 heteroatoms. The Morgan fingerprint density at radius 3 is 2.72 bits per heavy atom. The number of benzene rings is 2. The highest BCUT2D eigenvalue weighted by Crippen LogP contribution is 2.38. The average molecular weight is 404 g/mol. The molecule has 2 unspecified atom stereocenters. The number of para-hydroxylation sites is 2. The fourth-order valence-electron chi connectivity index (χ4n) is 3.13. The number of hydrogen-bond donors (Lipinski definition) is 0. The van der Waals surface area contributed by atoms with Gasteiger partial charge < -0.3 is 9.47 Å². The minimum atomic E-state index is -0.336. The Hall–Kier alpha value is -3.24. The summed E-state index contributed by atoms with van der Waals surface area (Å²) in [5.74, 6) is 2.16. The van der Waals surface area contributed by atoms with Crippen LogP contribution in [0.15, 0.2) is 66.3 Å². The van der Waals surface area contributed by atoms with Gasteiger partial charge in [0.1, 0.15) is 6.61 Å². The summed E-state index contributed by atoms with van der Waals surface area (Å²) in [6, 6.07) is 17.4. The van der Waals surface area contributed by atoms with Gasteiger partial charge in [-0.3, -0.25) is 4.57 Å². The van der Waals surface area contributed by atoms with E-state index < -0.39 is 0 Å². The normalized spacial score (nSPS) is 16.1. The number of ether oxygens (including phenoxy) is 2. The van der Waals surface area contributed by atoms with Crippen LogP contribution in [0.4, 0.5) is 0 Å². The van der Waals surface area contributed by atoms with Gasteiger partial charge in [-0.25, -0.2) is 0 Å². The summed E-state index contributed by atoms with van der Waals surface area (Å²) in [5.41, 5.74) is 1.77. The van der Waals surface area contributed by atoms with Crippen LogP contribution in [0.5, 0.6) is 11.5 Å². The van der Waals surface area contributed by atoms with Crippen molar-refractivity contribution in [3.05, 3.63) is 78.1 Å². The molecule has 0 amide bonds. The van der Waals surface area contributed by atoms with Crippen LogP contribution in [0.25, 0.3) is 0 Å². The van der Waals surface area contributed by atoms with Crippen molar-refractivity contribution in [3.63, 3.8) is 0 Å². The molecule has 146 valence electrons. The van der Waals surface area contributed by atoms with Crippen LogP contribution in [0.2, 0.25) is 0 Å². The van der Waals surface area contributed by atoms with Crippen LogP contribution in [0.1, 0.15) is 35.2 Å². The molecule has 1 aromatic heterocycles. The third kappa shape index (κ3) is 3.98. The van der Waals surface area contributed by atoms with E-state index >= 15 is 0 Å². The van der Waals surface area contributed by atoms with Crippen molar-refractivity contribution in [1.29, 1.82) is 5.26 Å². The minimum Gasteiger partial charge on any atom is -0.485 e. The molecule has 0 saturated heterocycles. The van der Waals surface area contributed by atoms with Gasteiger partial charge in [0, 0.05) is 11.8 Å². The lowest BCUT2D eigenvalue weighted by Crippen LogP contribution is -2.25. The molecule has 1 aliphatic heterocycles. The molecule has 6 nitrogen and oxygen atoms in total. The van der Waals surface area contributed by atoms with Crippen LogP contribution in [0, 0.1) is 11.3 Å². The average Bonchev–Trinajstić information content (AvgIpc) is 3.16. The Labute approximate surface area is 173 Å². The molecule has 2 aromatic carbocycles. The van der Waals surface area contributed by atoms with E-state index in [-0.39, 0.29) is 11.4 Å². The summed E-state index contributed by atoms with van der Waals surface area (Å²) in [5, 5.41) is 18.7. The highest BCUT2D eigenvalue weighted by molar-refractivity contribution is 7.99. The second-order valence-electron chi connectivity index (χ2n) is 6.60. The summed E-state index contributed by atoms with van der Waals surface area (Å²) in [7, 11) is 0. The largest absolute Gasteiger partial charge is 0.485 e. The minimum absolute atomic E-state index is 0.146. The molecule has 29 heavy (non-hydrogen) atoms. The first kappa shape index (κ1) is 19.1. The van der Waals surface area contributed by atoms with Gasteiger partial charge in [0.2, 0.25) is 0 Å². The first-order valence-electron chi connectivity index (χ1n) is 9.28. The molecular weight excluding hydrogens is 384 g/mol. The fraction of sp³-hybridized carbons (Fsp3) is 0.227. The van der Waals surface area contributed by atoms with Crippen LogP contribution in [0.3, 0.4) is 0 Å². The van der Waals surface area contributed by atoms with Crippen LogP contribution in [-0.2, 0) is 6.54 Å². The topological polar surface area (TPSA) is 73.0 Å². The molecule has 0 saturated carbocycles. The number of rotatable bonds is 6. The van der Waals surface area contributed by atoms with Crippen LogP contribution in [-0.4, -0.2) is 21.4 Å². The zero-order valence-corrected chi connectivity index (χ0v) is 16.8. The summed E-state index contributed by atoms with van der Waals surface area (Å²) in [6.45, 7) is 6.93. The molecule has 0 N–H and O–H groups in total. The molecular formula is C22H20N4O2S. The highest BCUT2D eigenvalue weighted by Gasteiger charge is 2.28. The van der Waals surface area contributed by atoms with E-state index in [1.807, 2.05) is 59.2 Å². The lowest BCUT2D eigenvalue weighted by molar-refractivity contribution is 0.0821. The monoisotopic (exact) mass is 404 g/mol. The molecule has 0 radical (unpaired) electrons.